The van der Waals surface area contributed by atoms with Crippen molar-refractivity contribution in [1.29, 1.82) is 0 Å². The first-order chi connectivity index (χ1) is 9.79. The van der Waals surface area contributed by atoms with Crippen molar-refractivity contribution in [2.24, 2.45) is 11.8 Å². The van der Waals surface area contributed by atoms with Gasteiger partial charge in [0.05, 0.1) is 5.92 Å². The summed E-state index contributed by atoms with van der Waals surface area (Å²) in [6.45, 7) is 1.77. The van der Waals surface area contributed by atoms with Gasteiger partial charge in [-0.25, -0.2) is 0 Å². The number of carbonyl (C=O) groups excluding carboxylic acids is 1. The number of hydrogen-bond acceptors (Lipinski definition) is 2. The van der Waals surface area contributed by atoms with Gasteiger partial charge >= 0.3 is 6.18 Å². The average molecular weight is 300 g/mol. The standard InChI is InChI=1S/C15H19F3N2O/c1-9-12(19)6-3-7-13(9)20-14(21)10-4-2-5-11(8-10)15(16,17)18/h3,6-7,10-11H,2,4-5,8,19H2,1H3,(H,20,21). The Hall–Kier alpha value is -1.72. The lowest BCUT2D eigenvalue weighted by atomic mass is 9.80. The van der Waals surface area contributed by atoms with Gasteiger partial charge < -0.3 is 11.1 Å². The van der Waals surface area contributed by atoms with Crippen LogP contribution in [0.15, 0.2) is 18.2 Å². The molecule has 0 aliphatic heterocycles. The van der Waals surface area contributed by atoms with Gasteiger partial charge in [-0.2, -0.15) is 13.2 Å². The maximum atomic E-state index is 12.8. The van der Waals surface area contributed by atoms with E-state index in [-0.39, 0.29) is 18.7 Å². The smallest absolute Gasteiger partial charge is 0.391 e. The summed E-state index contributed by atoms with van der Waals surface area (Å²) in [5.41, 5.74) is 7.59. The summed E-state index contributed by atoms with van der Waals surface area (Å²) in [6, 6.07) is 5.12. The summed E-state index contributed by atoms with van der Waals surface area (Å²) in [5.74, 6) is -2.31. The molecule has 21 heavy (non-hydrogen) atoms. The zero-order chi connectivity index (χ0) is 15.6. The van der Waals surface area contributed by atoms with Crippen molar-refractivity contribution in [2.75, 3.05) is 11.1 Å². The lowest BCUT2D eigenvalue weighted by molar-refractivity contribution is -0.185. The van der Waals surface area contributed by atoms with Crippen molar-refractivity contribution in [3.63, 3.8) is 0 Å². The van der Waals surface area contributed by atoms with E-state index in [9.17, 15) is 18.0 Å². The van der Waals surface area contributed by atoms with E-state index in [0.29, 0.717) is 24.2 Å². The highest BCUT2D eigenvalue weighted by atomic mass is 19.4. The molecule has 0 aromatic heterocycles. The molecular formula is C15H19F3N2O. The zero-order valence-corrected chi connectivity index (χ0v) is 11.8. The van der Waals surface area contributed by atoms with E-state index in [4.69, 9.17) is 5.73 Å². The predicted octanol–water partition coefficient (Wildman–Crippen LogP) is 3.88. The third-order valence-corrected chi connectivity index (χ3v) is 4.14. The third-order valence-electron chi connectivity index (χ3n) is 4.14. The van der Waals surface area contributed by atoms with E-state index in [1.165, 1.54) is 0 Å². The van der Waals surface area contributed by atoms with Crippen molar-refractivity contribution in [2.45, 2.75) is 38.8 Å². The number of nitrogens with one attached hydrogen (secondary N) is 1. The number of carbonyl (C=O) groups is 1. The number of nitrogen functional groups attached to an aromatic ring is 1. The summed E-state index contributed by atoms with van der Waals surface area (Å²) in [6.07, 6.45) is -3.30. The minimum Gasteiger partial charge on any atom is -0.398 e. The summed E-state index contributed by atoms with van der Waals surface area (Å²) in [4.78, 5) is 12.2. The molecule has 1 amide bonds. The number of alkyl halides is 3. The maximum Gasteiger partial charge on any atom is 0.391 e. The molecule has 0 bridgehead atoms. The number of anilines is 2. The topological polar surface area (TPSA) is 55.1 Å². The fourth-order valence-corrected chi connectivity index (χ4v) is 2.75. The molecule has 0 radical (unpaired) electrons. The Morgan fingerprint density at radius 2 is 2.05 bits per heavy atom. The van der Waals surface area contributed by atoms with Gasteiger partial charge in [0, 0.05) is 17.3 Å². The van der Waals surface area contributed by atoms with Gasteiger partial charge in [-0.05, 0) is 43.9 Å². The minimum absolute atomic E-state index is 0.116. The molecule has 2 rings (SSSR count). The van der Waals surface area contributed by atoms with Crippen LogP contribution in [0, 0.1) is 18.8 Å². The van der Waals surface area contributed by atoms with Crippen LogP contribution >= 0.6 is 0 Å². The van der Waals surface area contributed by atoms with Crippen LogP contribution in [0.25, 0.3) is 0 Å². The van der Waals surface area contributed by atoms with Crippen LogP contribution < -0.4 is 11.1 Å². The Balaban J connectivity index is 2.05. The molecule has 6 heteroatoms. The van der Waals surface area contributed by atoms with Crippen LogP contribution in [0.2, 0.25) is 0 Å². The van der Waals surface area contributed by atoms with E-state index in [1.54, 1.807) is 25.1 Å². The van der Waals surface area contributed by atoms with Gasteiger partial charge in [-0.1, -0.05) is 12.5 Å². The second kappa shape index (κ2) is 5.95. The molecule has 0 spiro atoms. The molecular weight excluding hydrogens is 281 g/mol. The lowest BCUT2D eigenvalue weighted by Crippen LogP contribution is -2.34. The van der Waals surface area contributed by atoms with Crippen molar-refractivity contribution in [1.82, 2.24) is 0 Å². The first-order valence-corrected chi connectivity index (χ1v) is 7.01. The summed E-state index contributed by atoms with van der Waals surface area (Å²) in [5, 5.41) is 2.71. The van der Waals surface area contributed by atoms with E-state index < -0.39 is 18.0 Å². The molecule has 116 valence electrons. The van der Waals surface area contributed by atoms with Crippen LogP contribution in [0.4, 0.5) is 24.5 Å². The van der Waals surface area contributed by atoms with Crippen molar-refractivity contribution in [3.05, 3.63) is 23.8 Å². The summed E-state index contributed by atoms with van der Waals surface area (Å²) >= 11 is 0. The van der Waals surface area contributed by atoms with Gasteiger partial charge in [0.15, 0.2) is 0 Å². The molecule has 0 saturated heterocycles. The molecule has 1 aliphatic carbocycles. The molecule has 1 aliphatic rings. The Morgan fingerprint density at radius 1 is 1.33 bits per heavy atom. The van der Waals surface area contributed by atoms with Crippen LogP contribution in [0.1, 0.15) is 31.2 Å². The normalized spacial score (nSPS) is 22.9. The van der Waals surface area contributed by atoms with Crippen molar-refractivity contribution < 1.29 is 18.0 Å². The predicted molar refractivity (Wildman–Crippen MR) is 75.7 cm³/mol. The Kier molecular flexibility index (Phi) is 4.44. The van der Waals surface area contributed by atoms with Gasteiger partial charge in [0.25, 0.3) is 0 Å². The molecule has 3 N–H and O–H groups in total. The van der Waals surface area contributed by atoms with E-state index >= 15 is 0 Å². The van der Waals surface area contributed by atoms with Crippen molar-refractivity contribution in [3.8, 4) is 0 Å². The molecule has 0 heterocycles. The number of rotatable bonds is 2. The fourth-order valence-electron chi connectivity index (χ4n) is 2.75. The average Bonchev–Trinajstić information content (AvgIpc) is 2.43. The third kappa shape index (κ3) is 3.68. The number of nitrogens with two attached hydrogens (primary N) is 1. The quantitative estimate of drug-likeness (QED) is 0.814. The molecule has 2 unspecified atom stereocenters. The zero-order valence-electron chi connectivity index (χ0n) is 11.8. The van der Waals surface area contributed by atoms with E-state index in [2.05, 4.69) is 5.32 Å². The molecule has 1 aromatic carbocycles. The van der Waals surface area contributed by atoms with Crippen LogP contribution in [0.5, 0.6) is 0 Å². The first-order valence-electron chi connectivity index (χ1n) is 7.01. The highest BCUT2D eigenvalue weighted by Gasteiger charge is 2.43. The number of hydrogen-bond donors (Lipinski definition) is 2. The second-order valence-corrected chi connectivity index (χ2v) is 5.61. The fraction of sp³-hybridized carbons (Fsp3) is 0.533. The largest absolute Gasteiger partial charge is 0.398 e. The SMILES string of the molecule is Cc1c(N)cccc1NC(=O)C1CCCC(C(F)(F)F)C1. The summed E-state index contributed by atoms with van der Waals surface area (Å²) in [7, 11) is 0. The molecule has 1 saturated carbocycles. The maximum absolute atomic E-state index is 12.8. The van der Waals surface area contributed by atoms with Crippen LogP contribution in [-0.4, -0.2) is 12.1 Å². The van der Waals surface area contributed by atoms with E-state index in [0.717, 1.165) is 5.56 Å². The molecule has 1 aromatic rings. The highest BCUT2D eigenvalue weighted by Crippen LogP contribution is 2.40. The molecule has 3 nitrogen and oxygen atoms in total. The van der Waals surface area contributed by atoms with Crippen LogP contribution in [0.3, 0.4) is 0 Å². The lowest BCUT2D eigenvalue weighted by Gasteiger charge is -2.29. The Bertz CT molecular complexity index is 528. The highest BCUT2D eigenvalue weighted by molar-refractivity contribution is 5.94. The number of halogens is 3. The Labute approximate surface area is 121 Å². The number of amides is 1. The number of benzene rings is 1. The van der Waals surface area contributed by atoms with Gasteiger partial charge in [0.1, 0.15) is 0 Å². The van der Waals surface area contributed by atoms with Gasteiger partial charge in [-0.15, -0.1) is 0 Å². The minimum atomic E-state index is -4.22. The first kappa shape index (κ1) is 15.7. The summed E-state index contributed by atoms with van der Waals surface area (Å²) < 4.78 is 38.3. The van der Waals surface area contributed by atoms with Gasteiger partial charge in [0.2, 0.25) is 5.91 Å². The van der Waals surface area contributed by atoms with Gasteiger partial charge in [-0.3, -0.25) is 4.79 Å². The second-order valence-electron chi connectivity index (χ2n) is 5.61. The monoisotopic (exact) mass is 300 g/mol. The van der Waals surface area contributed by atoms with E-state index in [1.807, 2.05) is 0 Å². The molecule has 2 atom stereocenters. The van der Waals surface area contributed by atoms with Crippen LogP contribution in [-0.2, 0) is 4.79 Å². The molecule has 1 fully saturated rings. The van der Waals surface area contributed by atoms with Crippen molar-refractivity contribution >= 4 is 17.3 Å². The Morgan fingerprint density at radius 3 is 2.71 bits per heavy atom.